The average molecular weight is 485 g/mol. The Hall–Kier alpha value is -3.46. The van der Waals surface area contributed by atoms with Gasteiger partial charge in [-0.3, -0.25) is 0 Å². The molecule has 2 fully saturated rings. The van der Waals surface area contributed by atoms with Crippen LogP contribution in [0, 0.1) is 29.7 Å². The molecule has 2 saturated heterocycles. The molecule has 1 atom stereocenters. The molecular weight excluding hydrogens is 452 g/mol. The molecule has 8 nitrogen and oxygen atoms in total. The molecule has 1 unspecified atom stereocenters. The second kappa shape index (κ2) is 11.1. The fourth-order valence-electron chi connectivity index (χ4n) is 5.29. The topological polar surface area (TPSA) is 80.6 Å². The quantitative estimate of drug-likeness (QED) is 0.416. The van der Waals surface area contributed by atoms with Crippen LogP contribution in [0.1, 0.15) is 38.4 Å². The van der Waals surface area contributed by atoms with Gasteiger partial charge in [0.15, 0.2) is 0 Å². The lowest BCUT2D eigenvalue weighted by Gasteiger charge is -2.30. The van der Waals surface area contributed by atoms with Crippen molar-refractivity contribution in [3.05, 3.63) is 47.7 Å². The molecule has 0 bridgehead atoms. The summed E-state index contributed by atoms with van der Waals surface area (Å²) in [6.07, 6.45) is 6.46. The first-order chi connectivity index (χ1) is 17.7. The third kappa shape index (κ3) is 5.21. The van der Waals surface area contributed by atoms with E-state index in [4.69, 9.17) is 16.0 Å². The number of fused-ring (bicyclic) bond motifs is 1. The minimum Gasteiger partial charge on any atom is -0.505 e. The molecule has 2 aliphatic rings. The van der Waals surface area contributed by atoms with E-state index in [0.29, 0.717) is 35.6 Å². The number of likely N-dealkylation sites (tertiary alicyclic amines) is 1. The first-order valence-electron chi connectivity index (χ1n) is 12.9. The van der Waals surface area contributed by atoms with Crippen molar-refractivity contribution in [2.45, 2.75) is 39.2 Å². The van der Waals surface area contributed by atoms with E-state index in [1.807, 2.05) is 30.5 Å². The number of nitriles is 1. The predicted octanol–water partition coefficient (Wildman–Crippen LogP) is 5.06. The maximum Gasteiger partial charge on any atom is 0.234 e. The number of rotatable bonds is 8. The van der Waals surface area contributed by atoms with E-state index in [0.717, 1.165) is 68.8 Å². The largest absolute Gasteiger partial charge is 0.505 e. The van der Waals surface area contributed by atoms with Gasteiger partial charge in [-0.25, -0.2) is 14.8 Å². The van der Waals surface area contributed by atoms with E-state index in [1.165, 1.54) is 12.8 Å². The van der Waals surface area contributed by atoms with E-state index in [9.17, 15) is 5.26 Å². The normalized spacial score (nSPS) is 18.8. The van der Waals surface area contributed by atoms with Crippen molar-refractivity contribution < 1.29 is 9.47 Å². The number of hydrogen-bond donors (Lipinski definition) is 0. The Labute approximate surface area is 212 Å². The Kier molecular flexibility index (Phi) is 7.46. The minimum atomic E-state index is 0.124. The van der Waals surface area contributed by atoms with E-state index in [-0.39, 0.29) is 5.82 Å². The Morgan fingerprint density at radius 1 is 1.19 bits per heavy atom. The van der Waals surface area contributed by atoms with Crippen LogP contribution in [0.5, 0.6) is 5.75 Å². The number of nitrogens with zero attached hydrogens (tertiary/aromatic N) is 6. The van der Waals surface area contributed by atoms with Gasteiger partial charge in [-0.05, 0) is 75.0 Å². The summed E-state index contributed by atoms with van der Waals surface area (Å²) in [7, 11) is 0. The van der Waals surface area contributed by atoms with Crippen LogP contribution in [0.4, 0.5) is 5.69 Å². The second-order valence-electron chi connectivity index (χ2n) is 9.75. The van der Waals surface area contributed by atoms with Gasteiger partial charge in [-0.1, -0.05) is 13.0 Å². The Bertz CT molecular complexity index is 1290. The summed E-state index contributed by atoms with van der Waals surface area (Å²) >= 11 is 0. The number of benzene rings is 1. The summed E-state index contributed by atoms with van der Waals surface area (Å²) in [5.74, 6) is 1.85. The molecule has 3 aromatic rings. The molecule has 2 aliphatic heterocycles. The van der Waals surface area contributed by atoms with Gasteiger partial charge in [0.25, 0.3) is 0 Å². The van der Waals surface area contributed by atoms with Gasteiger partial charge in [0.2, 0.25) is 11.5 Å². The predicted molar refractivity (Wildman–Crippen MR) is 138 cm³/mol. The lowest BCUT2D eigenvalue weighted by molar-refractivity contribution is 0.169. The maximum absolute atomic E-state index is 9.58. The van der Waals surface area contributed by atoms with E-state index in [2.05, 4.69) is 37.3 Å². The zero-order valence-electron chi connectivity index (χ0n) is 20.8. The average Bonchev–Trinajstić information content (AvgIpc) is 3.59. The van der Waals surface area contributed by atoms with E-state index in [1.54, 1.807) is 0 Å². The number of ether oxygens (including phenoxy) is 2. The van der Waals surface area contributed by atoms with Crippen LogP contribution >= 0.6 is 0 Å². The highest BCUT2D eigenvalue weighted by Gasteiger charge is 2.21. The highest BCUT2D eigenvalue weighted by molar-refractivity contribution is 5.92. The number of piperidine rings is 1. The first-order valence-corrected chi connectivity index (χ1v) is 12.9. The van der Waals surface area contributed by atoms with Gasteiger partial charge in [0.05, 0.1) is 25.5 Å². The minimum absolute atomic E-state index is 0.124. The van der Waals surface area contributed by atoms with Crippen LogP contribution in [0.25, 0.3) is 27.1 Å². The molecule has 0 N–H and O–H groups in total. The van der Waals surface area contributed by atoms with Crippen molar-refractivity contribution in [1.82, 2.24) is 19.4 Å². The molecule has 0 spiro atoms. The standard InChI is InChI=1S/C28H32N6O2/c1-3-33-11-6-20(7-12-33)10-15-36-25-5-4-22(16-24(25)30-2)27-23-8-13-34(18-21-9-14-35-19-21)28(23)32-26(17-29)31-27/h4-5,8,13,16,20-21H,3,6-7,9-12,14-15,18-19H2,1H3. The zero-order valence-corrected chi connectivity index (χ0v) is 20.8. The summed E-state index contributed by atoms with van der Waals surface area (Å²) in [5, 5.41) is 10.5. The molecule has 186 valence electrons. The molecule has 0 radical (unpaired) electrons. The van der Waals surface area contributed by atoms with Gasteiger partial charge < -0.3 is 18.9 Å². The maximum atomic E-state index is 9.58. The summed E-state index contributed by atoms with van der Waals surface area (Å²) in [6, 6.07) is 9.68. The van der Waals surface area contributed by atoms with Gasteiger partial charge in [-0.15, -0.1) is 0 Å². The van der Waals surface area contributed by atoms with Crippen molar-refractivity contribution in [3.8, 4) is 23.1 Å². The van der Waals surface area contributed by atoms with Crippen molar-refractivity contribution in [1.29, 1.82) is 5.26 Å². The van der Waals surface area contributed by atoms with E-state index < -0.39 is 0 Å². The molecular formula is C28H32N6O2. The molecule has 8 heteroatoms. The number of aromatic nitrogens is 3. The van der Waals surface area contributed by atoms with Gasteiger partial charge in [-0.2, -0.15) is 5.26 Å². The van der Waals surface area contributed by atoms with Crippen LogP contribution in [0.2, 0.25) is 0 Å². The molecule has 0 amide bonds. The van der Waals surface area contributed by atoms with Crippen LogP contribution in [0.3, 0.4) is 0 Å². The summed E-state index contributed by atoms with van der Waals surface area (Å²) < 4.78 is 13.7. The van der Waals surface area contributed by atoms with Crippen LogP contribution < -0.4 is 4.74 Å². The zero-order chi connectivity index (χ0) is 24.9. The molecule has 4 heterocycles. The SMILES string of the molecule is [C-]#[N+]c1cc(-c2nc(C#N)nc3c2ccn3CC2CCOC2)ccc1OCCC1CCN(CC)CC1. The van der Waals surface area contributed by atoms with Crippen LogP contribution in [-0.4, -0.2) is 58.9 Å². The Morgan fingerprint density at radius 2 is 2.06 bits per heavy atom. The molecule has 0 aliphatic carbocycles. The highest BCUT2D eigenvalue weighted by atomic mass is 16.5. The van der Waals surface area contributed by atoms with Crippen LogP contribution in [-0.2, 0) is 11.3 Å². The summed E-state index contributed by atoms with van der Waals surface area (Å²) in [4.78, 5) is 15.2. The van der Waals surface area contributed by atoms with Crippen molar-refractivity contribution in [2.24, 2.45) is 11.8 Å². The van der Waals surface area contributed by atoms with Crippen molar-refractivity contribution in [2.75, 3.05) is 39.5 Å². The third-order valence-corrected chi connectivity index (χ3v) is 7.49. The summed E-state index contributed by atoms with van der Waals surface area (Å²) in [5.41, 5.74) is 2.65. The molecule has 36 heavy (non-hydrogen) atoms. The smallest absolute Gasteiger partial charge is 0.234 e. The second-order valence-corrected chi connectivity index (χ2v) is 9.75. The highest BCUT2D eigenvalue weighted by Crippen LogP contribution is 2.36. The lowest BCUT2D eigenvalue weighted by atomic mass is 9.94. The Morgan fingerprint density at radius 3 is 2.78 bits per heavy atom. The summed E-state index contributed by atoms with van der Waals surface area (Å²) in [6.45, 7) is 16.3. The Balaban J connectivity index is 1.34. The fourth-order valence-corrected chi connectivity index (χ4v) is 5.29. The van der Waals surface area contributed by atoms with Gasteiger partial charge in [0, 0.05) is 30.7 Å². The molecule has 0 saturated carbocycles. The third-order valence-electron chi connectivity index (χ3n) is 7.49. The van der Waals surface area contributed by atoms with E-state index >= 15 is 0 Å². The lowest BCUT2D eigenvalue weighted by Crippen LogP contribution is -2.33. The van der Waals surface area contributed by atoms with Crippen molar-refractivity contribution >= 4 is 16.7 Å². The molecule has 2 aromatic heterocycles. The molecule has 1 aromatic carbocycles. The van der Waals surface area contributed by atoms with Gasteiger partial charge in [0.1, 0.15) is 17.5 Å². The first kappa shape index (κ1) is 24.2. The molecule has 5 rings (SSSR count). The van der Waals surface area contributed by atoms with Crippen LogP contribution in [0.15, 0.2) is 30.5 Å². The fraction of sp³-hybridized carbons (Fsp3) is 0.500. The van der Waals surface area contributed by atoms with Crippen molar-refractivity contribution in [3.63, 3.8) is 0 Å². The number of hydrogen-bond acceptors (Lipinski definition) is 6. The monoisotopic (exact) mass is 484 g/mol. The van der Waals surface area contributed by atoms with Gasteiger partial charge >= 0.3 is 0 Å².